The summed E-state index contributed by atoms with van der Waals surface area (Å²) < 4.78 is 17.7. The Balaban J connectivity index is 1.36. The fraction of sp³-hybridized carbons (Fsp3) is 0.767. The van der Waals surface area contributed by atoms with Crippen LogP contribution in [0.3, 0.4) is 0 Å². The van der Waals surface area contributed by atoms with Crippen LogP contribution in [-0.4, -0.2) is 87.9 Å². The molecule has 1 aliphatic heterocycles. The quantitative estimate of drug-likeness (QED) is 0.148. The smallest absolute Gasteiger partial charge is 0.186 e. The SMILES string of the molecule is C=C(CN=CCC(CC)COC(C)(C)CC(C)(C)CCOC1OC2(O)C(CO)C(O)C(O)C12)Cc1ccc[nH]1. The van der Waals surface area contributed by atoms with E-state index in [1.165, 1.54) is 0 Å². The average molecular weight is 551 g/mol. The maximum atomic E-state index is 10.6. The molecule has 1 aromatic rings. The lowest BCUT2D eigenvalue weighted by Crippen LogP contribution is -2.63. The van der Waals surface area contributed by atoms with Crippen molar-refractivity contribution in [2.24, 2.45) is 28.2 Å². The zero-order valence-electron chi connectivity index (χ0n) is 24.3. The Morgan fingerprint density at radius 2 is 2.03 bits per heavy atom. The van der Waals surface area contributed by atoms with Crippen molar-refractivity contribution < 1.29 is 34.6 Å². The van der Waals surface area contributed by atoms with Gasteiger partial charge in [0.25, 0.3) is 0 Å². The van der Waals surface area contributed by atoms with Crippen LogP contribution in [0.5, 0.6) is 0 Å². The van der Waals surface area contributed by atoms with E-state index in [1.807, 2.05) is 18.5 Å². The Morgan fingerprint density at radius 1 is 1.28 bits per heavy atom. The van der Waals surface area contributed by atoms with Gasteiger partial charge in [0.1, 0.15) is 0 Å². The summed E-state index contributed by atoms with van der Waals surface area (Å²) in [7, 11) is 0. The lowest BCUT2D eigenvalue weighted by molar-refractivity contribution is -0.439. The highest BCUT2D eigenvalue weighted by molar-refractivity contribution is 5.57. The molecule has 2 aliphatic rings. The minimum Gasteiger partial charge on any atom is -0.396 e. The summed E-state index contributed by atoms with van der Waals surface area (Å²) in [5.41, 5.74) is 1.81. The molecule has 0 aromatic carbocycles. The normalized spacial score (nSPS) is 29.9. The van der Waals surface area contributed by atoms with Gasteiger partial charge in [-0.2, -0.15) is 0 Å². The number of hydrogen-bond donors (Lipinski definition) is 5. The van der Waals surface area contributed by atoms with Crippen LogP contribution in [0.25, 0.3) is 0 Å². The number of nitrogens with zero attached hydrogens (tertiary/aromatic N) is 1. The lowest BCUT2D eigenvalue weighted by Gasteiger charge is -2.49. The number of aromatic amines is 1. The molecule has 2 heterocycles. The van der Waals surface area contributed by atoms with E-state index in [0.29, 0.717) is 25.7 Å². The molecular formula is C30H50N2O7. The Morgan fingerprint density at radius 3 is 2.67 bits per heavy atom. The predicted octanol–water partition coefficient (Wildman–Crippen LogP) is 3.22. The topological polar surface area (TPSA) is 137 Å². The summed E-state index contributed by atoms with van der Waals surface area (Å²) >= 11 is 0. The Bertz CT molecular complexity index is 932. The molecule has 1 saturated heterocycles. The second-order valence-corrected chi connectivity index (χ2v) is 12.7. The number of aliphatic hydroxyl groups excluding tert-OH is 3. The third-order valence-electron chi connectivity index (χ3n) is 8.17. The third-order valence-corrected chi connectivity index (χ3v) is 8.17. The zero-order valence-corrected chi connectivity index (χ0v) is 24.3. The summed E-state index contributed by atoms with van der Waals surface area (Å²) in [4.78, 5) is 7.76. The van der Waals surface area contributed by atoms with E-state index in [4.69, 9.17) is 14.2 Å². The van der Waals surface area contributed by atoms with Crippen molar-refractivity contribution in [3.8, 4) is 0 Å². The molecule has 9 nitrogen and oxygen atoms in total. The van der Waals surface area contributed by atoms with Crippen LogP contribution in [0, 0.1) is 23.2 Å². The van der Waals surface area contributed by atoms with Crippen LogP contribution in [0.15, 0.2) is 35.5 Å². The molecule has 0 bridgehead atoms. The molecule has 0 amide bonds. The van der Waals surface area contributed by atoms with E-state index < -0.39 is 42.7 Å². The second-order valence-electron chi connectivity index (χ2n) is 12.7. The summed E-state index contributed by atoms with van der Waals surface area (Å²) in [6.07, 6.45) is 4.88. The van der Waals surface area contributed by atoms with Crippen molar-refractivity contribution in [3.63, 3.8) is 0 Å². The van der Waals surface area contributed by atoms with Gasteiger partial charge in [0, 0.05) is 18.3 Å². The molecule has 1 saturated carbocycles. The van der Waals surface area contributed by atoms with E-state index in [2.05, 4.69) is 57.2 Å². The van der Waals surface area contributed by atoms with Gasteiger partial charge in [-0.3, -0.25) is 4.99 Å². The van der Waals surface area contributed by atoms with Gasteiger partial charge in [-0.25, -0.2) is 0 Å². The first-order valence-corrected chi connectivity index (χ1v) is 14.2. The molecule has 9 heteroatoms. The first kappa shape index (κ1) is 31.9. The minimum atomic E-state index is -1.75. The van der Waals surface area contributed by atoms with Crippen molar-refractivity contribution in [2.45, 2.75) is 96.6 Å². The van der Waals surface area contributed by atoms with Crippen molar-refractivity contribution in [1.82, 2.24) is 4.98 Å². The minimum absolute atomic E-state index is 0.0896. The van der Waals surface area contributed by atoms with Gasteiger partial charge in [-0.1, -0.05) is 39.3 Å². The molecule has 0 radical (unpaired) electrons. The van der Waals surface area contributed by atoms with E-state index >= 15 is 0 Å². The van der Waals surface area contributed by atoms with Crippen LogP contribution in [-0.2, 0) is 20.6 Å². The summed E-state index contributed by atoms with van der Waals surface area (Å²) in [6.45, 7) is 16.0. The number of fused-ring (bicyclic) bond motifs is 1. The zero-order chi connectivity index (χ0) is 28.8. The number of ether oxygens (including phenoxy) is 3. The van der Waals surface area contributed by atoms with Crippen molar-refractivity contribution in [2.75, 3.05) is 26.4 Å². The van der Waals surface area contributed by atoms with Crippen LogP contribution >= 0.6 is 0 Å². The number of rotatable bonds is 17. The maximum Gasteiger partial charge on any atom is 0.186 e. The van der Waals surface area contributed by atoms with Crippen molar-refractivity contribution in [3.05, 3.63) is 36.2 Å². The summed E-state index contributed by atoms with van der Waals surface area (Å²) in [5, 5.41) is 40.4. The Labute approximate surface area is 233 Å². The first-order chi connectivity index (χ1) is 18.3. The van der Waals surface area contributed by atoms with E-state index in [-0.39, 0.29) is 11.0 Å². The van der Waals surface area contributed by atoms with Gasteiger partial charge in [-0.05, 0) is 62.8 Å². The molecule has 3 rings (SSSR count). The van der Waals surface area contributed by atoms with Crippen LogP contribution < -0.4 is 0 Å². The lowest BCUT2D eigenvalue weighted by atomic mass is 9.79. The Hall–Kier alpha value is -1.59. The standard InChI is InChI=1S/C30H50N2O7/c1-7-21(10-13-31-16-20(2)15-22-9-8-12-32-22)18-38-29(5,6)19-28(3,4)11-14-37-27-24-26(35)25(34)23(17-33)30(24,36)39-27/h8-9,12-13,21,23-27,32-36H,2,7,10-11,14-19H2,1,3-6H3. The molecule has 222 valence electrons. The highest BCUT2D eigenvalue weighted by atomic mass is 16.8. The highest BCUT2D eigenvalue weighted by Gasteiger charge is 2.71. The Kier molecular flexibility index (Phi) is 11.0. The van der Waals surface area contributed by atoms with Crippen LogP contribution in [0.2, 0.25) is 0 Å². The average Bonchev–Trinajstić information content (AvgIpc) is 3.39. The number of nitrogens with one attached hydrogen (secondary N) is 1. The fourth-order valence-corrected chi connectivity index (χ4v) is 5.93. The fourth-order valence-electron chi connectivity index (χ4n) is 5.93. The van der Waals surface area contributed by atoms with Gasteiger partial charge in [0.2, 0.25) is 0 Å². The largest absolute Gasteiger partial charge is 0.396 e. The highest BCUT2D eigenvalue weighted by Crippen LogP contribution is 2.53. The molecule has 1 aromatic heterocycles. The molecular weight excluding hydrogens is 500 g/mol. The molecule has 1 aliphatic carbocycles. The number of H-pyrrole nitrogens is 1. The van der Waals surface area contributed by atoms with E-state index in [0.717, 1.165) is 43.4 Å². The van der Waals surface area contributed by atoms with Crippen LogP contribution in [0.1, 0.15) is 66.0 Å². The summed E-state index contributed by atoms with van der Waals surface area (Å²) in [5.74, 6) is -3.08. The molecule has 7 atom stereocenters. The van der Waals surface area contributed by atoms with Gasteiger partial charge < -0.3 is 39.6 Å². The van der Waals surface area contributed by atoms with Crippen molar-refractivity contribution in [1.29, 1.82) is 0 Å². The maximum absolute atomic E-state index is 10.6. The summed E-state index contributed by atoms with van der Waals surface area (Å²) in [6, 6.07) is 4.04. The van der Waals surface area contributed by atoms with Gasteiger partial charge >= 0.3 is 0 Å². The molecule has 2 fully saturated rings. The van der Waals surface area contributed by atoms with Crippen molar-refractivity contribution >= 4 is 6.21 Å². The first-order valence-electron chi connectivity index (χ1n) is 14.2. The number of aromatic nitrogens is 1. The molecule has 39 heavy (non-hydrogen) atoms. The number of hydrogen-bond acceptors (Lipinski definition) is 8. The monoisotopic (exact) mass is 550 g/mol. The van der Waals surface area contributed by atoms with E-state index in [9.17, 15) is 20.4 Å². The van der Waals surface area contributed by atoms with Crippen LogP contribution in [0.4, 0.5) is 0 Å². The van der Waals surface area contributed by atoms with Gasteiger partial charge in [0.05, 0.1) is 56.0 Å². The molecule has 7 unspecified atom stereocenters. The van der Waals surface area contributed by atoms with Gasteiger partial charge in [0.15, 0.2) is 12.1 Å². The third kappa shape index (κ3) is 8.22. The molecule has 0 spiro atoms. The second kappa shape index (κ2) is 13.4. The molecule has 5 N–H and O–H groups in total. The number of aliphatic hydroxyl groups is 4. The van der Waals surface area contributed by atoms with Gasteiger partial charge in [-0.15, -0.1) is 0 Å². The predicted molar refractivity (Wildman–Crippen MR) is 150 cm³/mol. The van der Waals surface area contributed by atoms with E-state index in [1.54, 1.807) is 0 Å². The number of aliphatic imine (C=N–C) groups is 1.